The number of aliphatic carboxylic acids is 1. The van der Waals surface area contributed by atoms with Gasteiger partial charge in [-0.1, -0.05) is 52.0 Å². The van der Waals surface area contributed by atoms with E-state index in [1.54, 1.807) is 13.8 Å². The lowest BCUT2D eigenvalue weighted by molar-refractivity contribution is -0.143. The molecule has 3 atom stereocenters. The van der Waals surface area contributed by atoms with Gasteiger partial charge in [-0.2, -0.15) is 0 Å². The summed E-state index contributed by atoms with van der Waals surface area (Å²) in [6.45, 7) is 7.91. The Kier molecular flexibility index (Phi) is 4.89. The molecule has 4 heteroatoms. The summed E-state index contributed by atoms with van der Waals surface area (Å²) < 4.78 is 0. The van der Waals surface area contributed by atoms with Crippen LogP contribution < -0.4 is 5.32 Å². The average Bonchev–Trinajstić information content (AvgIpc) is 3.24. The molecule has 0 saturated heterocycles. The van der Waals surface area contributed by atoms with Gasteiger partial charge in [0.05, 0.1) is 0 Å². The summed E-state index contributed by atoms with van der Waals surface area (Å²) in [6, 6.07) is 7.59. The SMILES string of the molecule is CC(C)c1ccc(C2CC2C(=O)N[C@H](C(=O)O)C(C)C)cc1. The summed E-state index contributed by atoms with van der Waals surface area (Å²) >= 11 is 0. The molecule has 22 heavy (non-hydrogen) atoms. The van der Waals surface area contributed by atoms with Gasteiger partial charge in [0, 0.05) is 5.92 Å². The average molecular weight is 303 g/mol. The van der Waals surface area contributed by atoms with Crippen molar-refractivity contribution >= 4 is 11.9 Å². The molecule has 0 bridgehead atoms. The van der Waals surface area contributed by atoms with Gasteiger partial charge < -0.3 is 10.4 Å². The van der Waals surface area contributed by atoms with Crippen molar-refractivity contribution in [3.05, 3.63) is 35.4 Å². The third kappa shape index (κ3) is 3.67. The number of carbonyl (C=O) groups is 2. The molecule has 1 fully saturated rings. The fourth-order valence-corrected chi connectivity index (χ4v) is 2.76. The van der Waals surface area contributed by atoms with Crippen molar-refractivity contribution < 1.29 is 14.7 Å². The zero-order chi connectivity index (χ0) is 16.4. The number of carboxylic acids is 1. The Bertz CT molecular complexity index is 548. The van der Waals surface area contributed by atoms with Crippen LogP contribution in [0.1, 0.15) is 57.1 Å². The van der Waals surface area contributed by atoms with Crippen LogP contribution in [0, 0.1) is 11.8 Å². The number of carboxylic acid groups (broad SMARTS) is 1. The molecule has 0 spiro atoms. The highest BCUT2D eigenvalue weighted by Gasteiger charge is 2.45. The van der Waals surface area contributed by atoms with E-state index >= 15 is 0 Å². The Morgan fingerprint density at radius 2 is 1.73 bits per heavy atom. The van der Waals surface area contributed by atoms with Crippen molar-refractivity contribution in [2.24, 2.45) is 11.8 Å². The first-order chi connectivity index (χ1) is 10.3. The van der Waals surface area contributed by atoms with E-state index in [1.165, 1.54) is 11.1 Å². The minimum atomic E-state index is -0.971. The van der Waals surface area contributed by atoms with E-state index in [9.17, 15) is 9.59 Å². The van der Waals surface area contributed by atoms with Crippen molar-refractivity contribution in [1.82, 2.24) is 5.32 Å². The van der Waals surface area contributed by atoms with E-state index in [-0.39, 0.29) is 23.7 Å². The van der Waals surface area contributed by atoms with Crippen LogP contribution in [0.15, 0.2) is 24.3 Å². The molecule has 1 saturated carbocycles. The molecule has 1 aromatic rings. The summed E-state index contributed by atoms with van der Waals surface area (Å²) in [5.41, 5.74) is 2.46. The van der Waals surface area contributed by atoms with Gasteiger partial charge in [-0.05, 0) is 35.3 Å². The molecule has 0 radical (unpaired) electrons. The van der Waals surface area contributed by atoms with Gasteiger partial charge >= 0.3 is 5.97 Å². The standard InChI is InChI=1S/C18H25NO3/c1-10(2)12-5-7-13(8-6-12)14-9-15(14)17(20)19-16(11(3)4)18(21)22/h5-8,10-11,14-16H,9H2,1-4H3,(H,19,20)(H,21,22)/t14?,15?,16-/m0/s1. The normalized spacial score (nSPS) is 21.7. The Hall–Kier alpha value is -1.84. The summed E-state index contributed by atoms with van der Waals surface area (Å²) in [7, 11) is 0. The molecule has 120 valence electrons. The van der Waals surface area contributed by atoms with Crippen LogP contribution in [0.25, 0.3) is 0 Å². The number of rotatable bonds is 6. The van der Waals surface area contributed by atoms with E-state index in [2.05, 4.69) is 43.4 Å². The topological polar surface area (TPSA) is 66.4 Å². The maximum absolute atomic E-state index is 12.2. The monoisotopic (exact) mass is 303 g/mol. The number of amides is 1. The predicted molar refractivity (Wildman–Crippen MR) is 85.8 cm³/mol. The number of carbonyl (C=O) groups excluding carboxylic acids is 1. The van der Waals surface area contributed by atoms with E-state index < -0.39 is 12.0 Å². The smallest absolute Gasteiger partial charge is 0.326 e. The van der Waals surface area contributed by atoms with Gasteiger partial charge in [0.2, 0.25) is 5.91 Å². The van der Waals surface area contributed by atoms with E-state index in [0.29, 0.717) is 5.92 Å². The molecule has 1 aromatic carbocycles. The third-order valence-corrected chi connectivity index (χ3v) is 4.39. The molecule has 0 aromatic heterocycles. The fourth-order valence-electron chi connectivity index (χ4n) is 2.76. The highest BCUT2D eigenvalue weighted by molar-refractivity contribution is 5.87. The van der Waals surface area contributed by atoms with Crippen molar-refractivity contribution in [3.63, 3.8) is 0 Å². The Labute approximate surface area is 131 Å². The number of hydrogen-bond donors (Lipinski definition) is 2. The minimum absolute atomic E-state index is 0.0921. The lowest BCUT2D eigenvalue weighted by Crippen LogP contribution is -2.45. The van der Waals surface area contributed by atoms with E-state index in [4.69, 9.17) is 5.11 Å². The molecule has 1 aliphatic rings. The van der Waals surface area contributed by atoms with Crippen LogP contribution in [-0.2, 0) is 9.59 Å². The van der Waals surface area contributed by atoms with Gasteiger partial charge in [0.25, 0.3) is 0 Å². The maximum atomic E-state index is 12.2. The lowest BCUT2D eigenvalue weighted by Gasteiger charge is -2.17. The molecule has 1 aliphatic carbocycles. The Morgan fingerprint density at radius 1 is 1.14 bits per heavy atom. The molecule has 0 aliphatic heterocycles. The fraction of sp³-hybridized carbons (Fsp3) is 0.556. The molecular weight excluding hydrogens is 278 g/mol. The number of nitrogens with one attached hydrogen (secondary N) is 1. The van der Waals surface area contributed by atoms with Crippen molar-refractivity contribution in [3.8, 4) is 0 Å². The molecule has 1 amide bonds. The summed E-state index contributed by atoms with van der Waals surface area (Å²) in [6.07, 6.45) is 0.803. The van der Waals surface area contributed by atoms with Crippen LogP contribution in [0.5, 0.6) is 0 Å². The lowest BCUT2D eigenvalue weighted by atomic mass is 9.99. The van der Waals surface area contributed by atoms with Crippen LogP contribution >= 0.6 is 0 Å². The second kappa shape index (κ2) is 6.51. The molecular formula is C18H25NO3. The second-order valence-corrected chi connectivity index (χ2v) is 6.84. The molecule has 2 N–H and O–H groups in total. The van der Waals surface area contributed by atoms with Crippen LogP contribution in [0.4, 0.5) is 0 Å². The Morgan fingerprint density at radius 3 is 2.18 bits per heavy atom. The van der Waals surface area contributed by atoms with Gasteiger partial charge in [-0.3, -0.25) is 4.79 Å². The van der Waals surface area contributed by atoms with Crippen molar-refractivity contribution in [2.45, 2.75) is 52.0 Å². The second-order valence-electron chi connectivity index (χ2n) is 6.84. The summed E-state index contributed by atoms with van der Waals surface area (Å²) in [4.78, 5) is 23.4. The van der Waals surface area contributed by atoms with E-state index in [0.717, 1.165) is 6.42 Å². The number of hydrogen-bond acceptors (Lipinski definition) is 2. The summed E-state index contributed by atoms with van der Waals surface area (Å²) in [5, 5.41) is 11.8. The van der Waals surface area contributed by atoms with Crippen molar-refractivity contribution in [1.29, 1.82) is 0 Å². The molecule has 2 rings (SSSR count). The van der Waals surface area contributed by atoms with Gasteiger partial charge in [0.1, 0.15) is 6.04 Å². The van der Waals surface area contributed by atoms with Crippen LogP contribution in [0.2, 0.25) is 0 Å². The predicted octanol–water partition coefficient (Wildman–Crippen LogP) is 3.14. The minimum Gasteiger partial charge on any atom is -0.480 e. The van der Waals surface area contributed by atoms with E-state index in [1.807, 2.05) is 0 Å². The van der Waals surface area contributed by atoms with Gasteiger partial charge in [0.15, 0.2) is 0 Å². The third-order valence-electron chi connectivity index (χ3n) is 4.39. The first-order valence-corrected chi connectivity index (χ1v) is 7.94. The highest BCUT2D eigenvalue weighted by Crippen LogP contribution is 2.47. The van der Waals surface area contributed by atoms with Gasteiger partial charge in [-0.15, -0.1) is 0 Å². The summed E-state index contributed by atoms with van der Waals surface area (Å²) in [5.74, 6) is -0.604. The molecule has 4 nitrogen and oxygen atoms in total. The zero-order valence-corrected chi connectivity index (χ0v) is 13.7. The highest BCUT2D eigenvalue weighted by atomic mass is 16.4. The zero-order valence-electron chi connectivity index (χ0n) is 13.7. The van der Waals surface area contributed by atoms with Crippen molar-refractivity contribution in [2.75, 3.05) is 0 Å². The maximum Gasteiger partial charge on any atom is 0.326 e. The quantitative estimate of drug-likeness (QED) is 0.848. The molecule has 2 unspecified atom stereocenters. The largest absolute Gasteiger partial charge is 0.480 e. The Balaban J connectivity index is 1.96. The molecule has 0 heterocycles. The van der Waals surface area contributed by atoms with Crippen LogP contribution in [0.3, 0.4) is 0 Å². The first kappa shape index (κ1) is 16.5. The number of benzene rings is 1. The van der Waals surface area contributed by atoms with Gasteiger partial charge in [-0.25, -0.2) is 4.79 Å². The van der Waals surface area contributed by atoms with Crippen LogP contribution in [-0.4, -0.2) is 23.0 Å². The first-order valence-electron chi connectivity index (χ1n) is 7.94.